The summed E-state index contributed by atoms with van der Waals surface area (Å²) in [5.41, 5.74) is 2.02. The molecule has 5 heteroatoms. The molecule has 0 spiro atoms. The monoisotopic (exact) mass is 379 g/mol. The van der Waals surface area contributed by atoms with Crippen molar-refractivity contribution in [3.63, 3.8) is 0 Å². The molecule has 1 aliphatic carbocycles. The first-order valence-corrected chi connectivity index (χ1v) is 9.98. The molecule has 3 rings (SSSR count). The Bertz CT molecular complexity index is 801. The molecule has 0 bridgehead atoms. The zero-order valence-electron chi connectivity index (χ0n) is 16.7. The summed E-state index contributed by atoms with van der Waals surface area (Å²) in [5.74, 6) is -0.157. The molecule has 0 atom stereocenters. The van der Waals surface area contributed by atoms with Gasteiger partial charge < -0.3 is 10.2 Å². The van der Waals surface area contributed by atoms with Crippen LogP contribution in [0.15, 0.2) is 54.6 Å². The van der Waals surface area contributed by atoms with E-state index in [0.717, 1.165) is 5.69 Å². The van der Waals surface area contributed by atoms with Crippen LogP contribution in [0.25, 0.3) is 0 Å². The molecular formula is C23H29N3O2. The van der Waals surface area contributed by atoms with Crippen LogP contribution in [-0.4, -0.2) is 43.4 Å². The largest absolute Gasteiger partial charge is 0.325 e. The minimum atomic E-state index is -0.110. The molecule has 1 N–H and O–H groups in total. The third kappa shape index (κ3) is 5.20. The number of benzene rings is 2. The van der Waals surface area contributed by atoms with Crippen LogP contribution in [0.4, 0.5) is 11.4 Å². The lowest BCUT2D eigenvalue weighted by Crippen LogP contribution is -2.39. The Balaban J connectivity index is 1.61. The summed E-state index contributed by atoms with van der Waals surface area (Å²) in [5, 5.41) is 2.93. The summed E-state index contributed by atoms with van der Waals surface area (Å²) in [4.78, 5) is 29.0. The first kappa shape index (κ1) is 20.1. The van der Waals surface area contributed by atoms with Gasteiger partial charge in [-0.25, -0.2) is 0 Å². The second kappa shape index (κ2) is 9.51. The Hall–Kier alpha value is -2.66. The van der Waals surface area contributed by atoms with E-state index in [4.69, 9.17) is 0 Å². The van der Waals surface area contributed by atoms with E-state index in [1.807, 2.05) is 43.4 Å². The second-order valence-corrected chi connectivity index (χ2v) is 7.54. The molecule has 0 aromatic heterocycles. The second-order valence-electron chi connectivity index (χ2n) is 7.54. The maximum absolute atomic E-state index is 12.8. The van der Waals surface area contributed by atoms with E-state index in [1.54, 1.807) is 30.1 Å². The molecule has 2 aromatic rings. The highest BCUT2D eigenvalue weighted by Gasteiger charge is 2.20. The smallest absolute Gasteiger partial charge is 0.258 e. The molecule has 0 aliphatic heterocycles. The van der Waals surface area contributed by atoms with Crippen LogP contribution in [0.1, 0.15) is 42.5 Å². The van der Waals surface area contributed by atoms with Gasteiger partial charge in [0.1, 0.15) is 0 Å². The van der Waals surface area contributed by atoms with Crippen molar-refractivity contribution in [1.29, 1.82) is 0 Å². The molecule has 0 unspecified atom stereocenters. The van der Waals surface area contributed by atoms with Gasteiger partial charge in [0.05, 0.1) is 6.54 Å². The SMILES string of the molecule is CN(C(=O)c1cccc(NC(=O)CN(C)C2CCCCC2)c1)c1ccccc1. The number of likely N-dealkylation sites (N-methyl/N-ethyl adjacent to an activating group) is 1. The predicted molar refractivity (Wildman–Crippen MR) is 114 cm³/mol. The number of nitrogens with zero attached hydrogens (tertiary/aromatic N) is 2. The minimum absolute atomic E-state index is 0.0471. The number of para-hydroxylation sites is 1. The molecule has 0 radical (unpaired) electrons. The zero-order valence-corrected chi connectivity index (χ0v) is 16.7. The van der Waals surface area contributed by atoms with Gasteiger partial charge in [0.25, 0.3) is 5.91 Å². The average Bonchev–Trinajstić information content (AvgIpc) is 2.74. The first-order chi connectivity index (χ1) is 13.5. The topological polar surface area (TPSA) is 52.7 Å². The van der Waals surface area contributed by atoms with Crippen molar-refractivity contribution in [2.45, 2.75) is 38.1 Å². The van der Waals surface area contributed by atoms with Gasteiger partial charge in [0.15, 0.2) is 0 Å². The third-order valence-corrected chi connectivity index (χ3v) is 5.43. The Morgan fingerprint density at radius 1 is 0.964 bits per heavy atom. The standard InChI is InChI=1S/C23H29N3O2/c1-25(20-12-5-3-6-13-20)17-22(27)24-19-11-9-10-18(16-19)23(28)26(2)21-14-7-4-8-15-21/h4,7-11,14-16,20H,3,5-6,12-13,17H2,1-2H3,(H,24,27). The van der Waals surface area contributed by atoms with Crippen molar-refractivity contribution in [3.05, 3.63) is 60.2 Å². The van der Waals surface area contributed by atoms with Gasteiger partial charge in [0, 0.05) is 30.0 Å². The lowest BCUT2D eigenvalue weighted by atomic mass is 9.94. The predicted octanol–water partition coefficient (Wildman–Crippen LogP) is 4.17. The van der Waals surface area contributed by atoms with E-state index in [9.17, 15) is 9.59 Å². The number of amides is 2. The summed E-state index contributed by atoms with van der Waals surface area (Å²) in [6.45, 7) is 0.368. The van der Waals surface area contributed by atoms with Gasteiger partial charge in [-0.2, -0.15) is 0 Å². The van der Waals surface area contributed by atoms with Gasteiger partial charge in [0.2, 0.25) is 5.91 Å². The number of anilines is 2. The van der Waals surface area contributed by atoms with Crippen LogP contribution >= 0.6 is 0 Å². The average molecular weight is 380 g/mol. The van der Waals surface area contributed by atoms with Gasteiger partial charge >= 0.3 is 0 Å². The van der Waals surface area contributed by atoms with Gasteiger partial charge in [-0.15, -0.1) is 0 Å². The number of carbonyl (C=O) groups excluding carboxylic acids is 2. The van der Waals surface area contributed by atoms with Crippen LogP contribution < -0.4 is 10.2 Å². The molecule has 2 aromatic carbocycles. The molecule has 5 nitrogen and oxygen atoms in total. The highest BCUT2D eigenvalue weighted by Crippen LogP contribution is 2.22. The third-order valence-electron chi connectivity index (χ3n) is 5.43. The van der Waals surface area contributed by atoms with E-state index in [2.05, 4.69) is 10.2 Å². The fourth-order valence-electron chi connectivity index (χ4n) is 3.77. The van der Waals surface area contributed by atoms with Crippen LogP contribution in [0.3, 0.4) is 0 Å². The van der Waals surface area contributed by atoms with Crippen LogP contribution in [0.2, 0.25) is 0 Å². The normalized spacial score (nSPS) is 14.7. The fourth-order valence-corrected chi connectivity index (χ4v) is 3.77. The molecule has 1 saturated carbocycles. The van der Waals surface area contributed by atoms with Crippen LogP contribution in [-0.2, 0) is 4.79 Å². The van der Waals surface area contributed by atoms with E-state index in [-0.39, 0.29) is 11.8 Å². The first-order valence-electron chi connectivity index (χ1n) is 9.98. The van der Waals surface area contributed by atoms with Gasteiger partial charge in [-0.05, 0) is 50.2 Å². The fraction of sp³-hybridized carbons (Fsp3) is 0.391. The van der Waals surface area contributed by atoms with Crippen molar-refractivity contribution in [1.82, 2.24) is 4.90 Å². The van der Waals surface area contributed by atoms with Crippen molar-refractivity contribution in [2.24, 2.45) is 0 Å². The Morgan fingerprint density at radius 2 is 1.68 bits per heavy atom. The number of carbonyl (C=O) groups is 2. The molecule has 0 saturated heterocycles. The maximum Gasteiger partial charge on any atom is 0.258 e. The number of hydrogen-bond donors (Lipinski definition) is 1. The highest BCUT2D eigenvalue weighted by atomic mass is 16.2. The lowest BCUT2D eigenvalue weighted by molar-refractivity contribution is -0.117. The molecule has 0 heterocycles. The highest BCUT2D eigenvalue weighted by molar-refractivity contribution is 6.06. The molecule has 28 heavy (non-hydrogen) atoms. The van der Waals surface area contributed by atoms with Crippen LogP contribution in [0.5, 0.6) is 0 Å². The van der Waals surface area contributed by atoms with E-state index in [1.165, 1.54) is 32.1 Å². The summed E-state index contributed by atoms with van der Waals surface area (Å²) < 4.78 is 0. The quantitative estimate of drug-likeness (QED) is 0.820. The van der Waals surface area contributed by atoms with Crippen molar-refractivity contribution < 1.29 is 9.59 Å². The Kier molecular flexibility index (Phi) is 6.82. The lowest BCUT2D eigenvalue weighted by Gasteiger charge is -2.30. The summed E-state index contributed by atoms with van der Waals surface area (Å²) in [7, 11) is 3.77. The number of nitrogens with one attached hydrogen (secondary N) is 1. The van der Waals surface area contributed by atoms with Crippen molar-refractivity contribution >= 4 is 23.2 Å². The van der Waals surface area contributed by atoms with Gasteiger partial charge in [-0.3, -0.25) is 14.5 Å². The Labute approximate surface area is 167 Å². The molecule has 1 fully saturated rings. The van der Waals surface area contributed by atoms with E-state index >= 15 is 0 Å². The summed E-state index contributed by atoms with van der Waals surface area (Å²) in [6.07, 6.45) is 6.12. The summed E-state index contributed by atoms with van der Waals surface area (Å²) >= 11 is 0. The van der Waals surface area contributed by atoms with E-state index in [0.29, 0.717) is 23.8 Å². The molecular weight excluding hydrogens is 350 g/mol. The summed E-state index contributed by atoms with van der Waals surface area (Å²) in [6, 6.07) is 17.1. The minimum Gasteiger partial charge on any atom is -0.325 e. The Morgan fingerprint density at radius 3 is 2.39 bits per heavy atom. The molecule has 2 amide bonds. The van der Waals surface area contributed by atoms with Gasteiger partial charge in [-0.1, -0.05) is 43.5 Å². The zero-order chi connectivity index (χ0) is 19.9. The number of hydrogen-bond acceptors (Lipinski definition) is 3. The van der Waals surface area contributed by atoms with Crippen molar-refractivity contribution in [2.75, 3.05) is 30.9 Å². The molecule has 148 valence electrons. The maximum atomic E-state index is 12.8. The molecule has 1 aliphatic rings. The van der Waals surface area contributed by atoms with Crippen LogP contribution in [0, 0.1) is 0 Å². The van der Waals surface area contributed by atoms with Crippen molar-refractivity contribution in [3.8, 4) is 0 Å². The number of rotatable bonds is 6. The van der Waals surface area contributed by atoms with E-state index < -0.39 is 0 Å².